The molecule has 0 atom stereocenters. The van der Waals surface area contributed by atoms with Crippen LogP contribution in [-0.4, -0.2) is 36.2 Å². The summed E-state index contributed by atoms with van der Waals surface area (Å²) in [6.07, 6.45) is 2.03. The van der Waals surface area contributed by atoms with Crippen molar-refractivity contribution in [3.05, 3.63) is 35.0 Å². The molecule has 2 aromatic rings. The number of aromatic nitrogens is 1. The van der Waals surface area contributed by atoms with Gasteiger partial charge in [-0.3, -0.25) is 4.99 Å². The molecule has 0 saturated heterocycles. The molecular weight excluding hydrogens is 322 g/mol. The third kappa shape index (κ3) is 3.22. The molecule has 5 nitrogen and oxygen atoms in total. The number of benzene rings is 1. The van der Waals surface area contributed by atoms with Gasteiger partial charge in [-0.05, 0) is 41.9 Å². The van der Waals surface area contributed by atoms with Crippen LogP contribution in [0.15, 0.2) is 28.3 Å². The molecule has 1 aliphatic heterocycles. The van der Waals surface area contributed by atoms with Crippen molar-refractivity contribution in [2.45, 2.75) is 46.5 Å². The van der Waals surface area contributed by atoms with Crippen molar-refractivity contribution in [2.75, 3.05) is 19.6 Å². The molecule has 0 unspecified atom stereocenters. The molecule has 3 N–H and O–H groups in total. The first kappa shape index (κ1) is 17.1. The summed E-state index contributed by atoms with van der Waals surface area (Å²) in [6, 6.07) is 6.79. The minimum absolute atomic E-state index is 0.207. The monoisotopic (exact) mass is 351 g/mol. The Morgan fingerprint density at radius 2 is 2.12 bits per heavy atom. The predicted molar refractivity (Wildman–Crippen MR) is 109 cm³/mol. The zero-order chi connectivity index (χ0) is 18.3. The van der Waals surface area contributed by atoms with E-state index >= 15 is 0 Å². The summed E-state index contributed by atoms with van der Waals surface area (Å²) in [5, 5.41) is 9.40. The number of hydrogen-bond acceptors (Lipinski definition) is 4. The maximum atomic E-state index is 4.81. The van der Waals surface area contributed by atoms with Crippen molar-refractivity contribution in [3.63, 3.8) is 0 Å². The number of fused-ring (bicyclic) bond motifs is 3. The zero-order valence-corrected chi connectivity index (χ0v) is 16.2. The van der Waals surface area contributed by atoms with Gasteiger partial charge >= 0.3 is 0 Å². The number of hydrazone groups is 1. The smallest absolute Gasteiger partial charge is 0.118 e. The molecule has 1 aromatic heterocycles. The second-order valence-corrected chi connectivity index (χ2v) is 8.60. The topological polar surface area (TPSA) is 64.6 Å². The van der Waals surface area contributed by atoms with Crippen LogP contribution in [0.1, 0.15) is 56.9 Å². The van der Waals surface area contributed by atoms with E-state index in [1.807, 2.05) is 0 Å². The highest BCUT2D eigenvalue weighted by atomic mass is 15.3. The van der Waals surface area contributed by atoms with Crippen molar-refractivity contribution in [1.29, 1.82) is 0 Å². The van der Waals surface area contributed by atoms with Crippen molar-refractivity contribution in [1.82, 2.24) is 15.7 Å². The fourth-order valence-electron chi connectivity index (χ4n) is 4.04. The lowest BCUT2D eigenvalue weighted by Gasteiger charge is -2.30. The first-order valence-electron chi connectivity index (χ1n) is 9.64. The van der Waals surface area contributed by atoms with Gasteiger partial charge in [-0.25, -0.2) is 0 Å². The van der Waals surface area contributed by atoms with E-state index in [0.717, 1.165) is 37.5 Å². The average Bonchev–Trinajstić information content (AvgIpc) is 3.19. The molecule has 0 fully saturated rings. The summed E-state index contributed by atoms with van der Waals surface area (Å²) in [5.74, 6) is 1.53. The van der Waals surface area contributed by atoms with Crippen LogP contribution in [0.3, 0.4) is 0 Å². The molecule has 26 heavy (non-hydrogen) atoms. The SMILES string of the molecule is CC(C)c1ccc2[nH]c3c(c2c1)C(=NNCC1=NCCN1)CC(C)(C)C3. The molecule has 1 aromatic carbocycles. The van der Waals surface area contributed by atoms with Crippen LogP contribution >= 0.6 is 0 Å². The van der Waals surface area contributed by atoms with Crippen molar-refractivity contribution in [2.24, 2.45) is 15.5 Å². The predicted octanol–water partition coefficient (Wildman–Crippen LogP) is 3.56. The van der Waals surface area contributed by atoms with E-state index < -0.39 is 0 Å². The number of nitrogens with zero attached hydrogens (tertiary/aromatic N) is 2. The lowest BCUT2D eigenvalue weighted by molar-refractivity contribution is 0.368. The Kier molecular flexibility index (Phi) is 4.25. The van der Waals surface area contributed by atoms with Gasteiger partial charge in [-0.2, -0.15) is 5.10 Å². The molecule has 138 valence electrons. The lowest BCUT2D eigenvalue weighted by Crippen LogP contribution is -2.31. The van der Waals surface area contributed by atoms with E-state index in [0.29, 0.717) is 12.5 Å². The van der Waals surface area contributed by atoms with Crippen LogP contribution in [0.25, 0.3) is 10.9 Å². The molecular formula is C21H29N5. The number of amidine groups is 1. The van der Waals surface area contributed by atoms with Crippen LogP contribution in [0.2, 0.25) is 0 Å². The average molecular weight is 351 g/mol. The Hall–Kier alpha value is -2.30. The Labute approximate surface area is 155 Å². The highest BCUT2D eigenvalue weighted by molar-refractivity contribution is 6.13. The molecule has 1 aliphatic carbocycles. The van der Waals surface area contributed by atoms with Crippen molar-refractivity contribution in [3.8, 4) is 0 Å². The van der Waals surface area contributed by atoms with Gasteiger partial charge < -0.3 is 15.7 Å². The Morgan fingerprint density at radius 3 is 2.85 bits per heavy atom. The molecule has 2 aliphatic rings. The number of nitrogens with one attached hydrogen (secondary N) is 3. The molecule has 0 bridgehead atoms. The Bertz CT molecular complexity index is 885. The van der Waals surface area contributed by atoms with Gasteiger partial charge in [0.25, 0.3) is 0 Å². The van der Waals surface area contributed by atoms with Gasteiger partial charge in [-0.15, -0.1) is 0 Å². The van der Waals surface area contributed by atoms with Gasteiger partial charge in [0, 0.05) is 28.7 Å². The highest BCUT2D eigenvalue weighted by Crippen LogP contribution is 2.39. The second-order valence-electron chi connectivity index (χ2n) is 8.60. The summed E-state index contributed by atoms with van der Waals surface area (Å²) in [5.41, 5.74) is 9.82. The van der Waals surface area contributed by atoms with Gasteiger partial charge in [0.1, 0.15) is 5.84 Å². The third-order valence-corrected chi connectivity index (χ3v) is 5.36. The summed E-state index contributed by atoms with van der Waals surface area (Å²) < 4.78 is 0. The molecule has 0 amide bonds. The molecule has 5 heteroatoms. The van der Waals surface area contributed by atoms with E-state index in [9.17, 15) is 0 Å². The minimum atomic E-state index is 0.207. The van der Waals surface area contributed by atoms with E-state index in [2.05, 4.69) is 66.6 Å². The van der Waals surface area contributed by atoms with Crippen LogP contribution in [0, 0.1) is 5.41 Å². The van der Waals surface area contributed by atoms with Gasteiger partial charge in [0.2, 0.25) is 0 Å². The second kappa shape index (κ2) is 6.45. The van der Waals surface area contributed by atoms with E-state index in [-0.39, 0.29) is 5.41 Å². The summed E-state index contributed by atoms with van der Waals surface area (Å²) in [7, 11) is 0. The lowest BCUT2D eigenvalue weighted by atomic mass is 9.75. The fourth-order valence-corrected chi connectivity index (χ4v) is 4.04. The minimum Gasteiger partial charge on any atom is -0.370 e. The molecule has 2 heterocycles. The van der Waals surface area contributed by atoms with Crippen LogP contribution in [0.4, 0.5) is 0 Å². The summed E-state index contributed by atoms with van der Waals surface area (Å²) >= 11 is 0. The van der Waals surface area contributed by atoms with Crippen LogP contribution < -0.4 is 10.7 Å². The van der Waals surface area contributed by atoms with Gasteiger partial charge in [0.05, 0.1) is 18.8 Å². The number of hydrogen-bond donors (Lipinski definition) is 3. The molecule has 4 rings (SSSR count). The first-order valence-corrected chi connectivity index (χ1v) is 9.64. The Morgan fingerprint density at radius 1 is 1.27 bits per heavy atom. The fraction of sp³-hybridized carbons (Fsp3) is 0.524. The maximum absolute atomic E-state index is 4.81. The summed E-state index contributed by atoms with van der Waals surface area (Å²) in [4.78, 5) is 8.08. The number of aromatic amines is 1. The zero-order valence-electron chi connectivity index (χ0n) is 16.2. The quantitative estimate of drug-likeness (QED) is 0.738. The van der Waals surface area contributed by atoms with Crippen LogP contribution in [-0.2, 0) is 6.42 Å². The Balaban J connectivity index is 1.72. The number of H-pyrrole nitrogens is 1. The third-order valence-electron chi connectivity index (χ3n) is 5.36. The van der Waals surface area contributed by atoms with E-state index in [4.69, 9.17) is 5.10 Å². The molecule has 0 radical (unpaired) electrons. The van der Waals surface area contributed by atoms with E-state index in [1.165, 1.54) is 27.7 Å². The number of rotatable bonds is 4. The van der Waals surface area contributed by atoms with Gasteiger partial charge in [-0.1, -0.05) is 33.8 Å². The largest absolute Gasteiger partial charge is 0.370 e. The molecule has 0 saturated carbocycles. The first-order chi connectivity index (χ1) is 12.4. The van der Waals surface area contributed by atoms with Crippen molar-refractivity contribution < 1.29 is 0 Å². The highest BCUT2D eigenvalue weighted by Gasteiger charge is 2.32. The number of aliphatic imine (C=N–C) groups is 1. The normalized spacial score (nSPS) is 20.3. The maximum Gasteiger partial charge on any atom is 0.118 e. The van der Waals surface area contributed by atoms with E-state index in [1.54, 1.807) is 0 Å². The summed E-state index contributed by atoms with van der Waals surface area (Å²) in [6.45, 7) is 11.6. The van der Waals surface area contributed by atoms with Gasteiger partial charge in [0.15, 0.2) is 0 Å². The molecule has 0 spiro atoms. The van der Waals surface area contributed by atoms with Crippen LogP contribution in [0.5, 0.6) is 0 Å². The standard InChI is InChI=1S/C21H29N5/c1-13(2)14-5-6-16-15(9-14)20-17(25-16)10-21(3,4)11-18(20)26-24-12-19-22-7-8-23-19/h5-6,9,13,24-25H,7-8,10-12H2,1-4H3,(H,22,23). The van der Waals surface area contributed by atoms with Crippen molar-refractivity contribution >= 4 is 22.5 Å².